The molecule has 0 aliphatic heterocycles. The summed E-state index contributed by atoms with van der Waals surface area (Å²) >= 11 is 0. The van der Waals surface area contributed by atoms with E-state index in [0.29, 0.717) is 12.5 Å². The van der Waals surface area contributed by atoms with Crippen LogP contribution < -0.4 is 15.8 Å². The van der Waals surface area contributed by atoms with Crippen molar-refractivity contribution in [1.29, 1.82) is 0 Å². The maximum absolute atomic E-state index is 13.5. The molecule has 0 atom stereocenters. The monoisotopic (exact) mass is 307 g/mol. The maximum atomic E-state index is 13.5. The Bertz CT molecular complexity index is 605. The molecule has 0 saturated carbocycles. The van der Waals surface area contributed by atoms with Crippen molar-refractivity contribution in [2.75, 3.05) is 12.3 Å². The number of urea groups is 1. The Hall–Kier alpha value is -1.90. The van der Waals surface area contributed by atoms with Crippen LogP contribution in [0, 0.1) is 11.6 Å². The molecule has 2 amide bonds. The van der Waals surface area contributed by atoms with Gasteiger partial charge in [0.05, 0.1) is 0 Å². The fraction of sp³-hybridized carbons (Fsp3) is 0.364. The molecular formula is C11H15F2N3O3S. The SMILES string of the molecule is CCCCNC(=O)NS(=O)(=O)c1cc(N)cc(F)c1F. The minimum Gasteiger partial charge on any atom is -0.399 e. The lowest BCUT2D eigenvalue weighted by Crippen LogP contribution is -2.40. The van der Waals surface area contributed by atoms with Crippen molar-refractivity contribution in [3.05, 3.63) is 23.8 Å². The van der Waals surface area contributed by atoms with Gasteiger partial charge in [0.15, 0.2) is 11.6 Å². The molecule has 4 N–H and O–H groups in total. The van der Waals surface area contributed by atoms with E-state index >= 15 is 0 Å². The van der Waals surface area contributed by atoms with Crippen LogP contribution >= 0.6 is 0 Å². The predicted molar refractivity (Wildman–Crippen MR) is 69.4 cm³/mol. The number of nitrogen functional groups attached to an aromatic ring is 1. The first-order valence-corrected chi connectivity index (χ1v) is 7.31. The summed E-state index contributed by atoms with van der Waals surface area (Å²) in [6.07, 6.45) is 1.47. The fourth-order valence-electron chi connectivity index (χ4n) is 1.37. The van der Waals surface area contributed by atoms with E-state index in [1.807, 2.05) is 6.92 Å². The van der Waals surface area contributed by atoms with Gasteiger partial charge in [-0.2, -0.15) is 0 Å². The highest BCUT2D eigenvalue weighted by Crippen LogP contribution is 2.20. The van der Waals surface area contributed by atoms with Crippen LogP contribution in [0.2, 0.25) is 0 Å². The van der Waals surface area contributed by atoms with Gasteiger partial charge in [0.1, 0.15) is 4.90 Å². The number of nitrogens with two attached hydrogens (primary N) is 1. The summed E-state index contributed by atoms with van der Waals surface area (Å²) in [5.74, 6) is -3.00. The van der Waals surface area contributed by atoms with Crippen LogP contribution in [0.5, 0.6) is 0 Å². The Kier molecular flexibility index (Phi) is 5.26. The Labute approximate surface area is 115 Å². The van der Waals surface area contributed by atoms with Crippen LogP contribution in [0.15, 0.2) is 17.0 Å². The lowest BCUT2D eigenvalue weighted by Gasteiger charge is -2.10. The molecule has 1 aromatic carbocycles. The van der Waals surface area contributed by atoms with E-state index in [2.05, 4.69) is 5.32 Å². The Morgan fingerprint density at radius 3 is 2.60 bits per heavy atom. The normalized spacial score (nSPS) is 11.2. The second-order valence-electron chi connectivity index (χ2n) is 4.03. The molecule has 9 heteroatoms. The molecule has 1 aromatic rings. The van der Waals surface area contributed by atoms with Crippen molar-refractivity contribution in [1.82, 2.24) is 10.0 Å². The fourth-order valence-corrected chi connectivity index (χ4v) is 2.42. The molecule has 112 valence electrons. The Morgan fingerprint density at radius 2 is 2.00 bits per heavy atom. The van der Waals surface area contributed by atoms with Crippen LogP contribution in [0.4, 0.5) is 19.3 Å². The summed E-state index contributed by atoms with van der Waals surface area (Å²) in [4.78, 5) is 10.3. The summed E-state index contributed by atoms with van der Waals surface area (Å²) in [7, 11) is -4.53. The van der Waals surface area contributed by atoms with Gasteiger partial charge >= 0.3 is 6.03 Å². The molecule has 20 heavy (non-hydrogen) atoms. The quantitative estimate of drug-likeness (QED) is 0.564. The van der Waals surface area contributed by atoms with Gasteiger partial charge in [0.25, 0.3) is 10.0 Å². The molecule has 0 saturated heterocycles. The third-order valence-corrected chi connectivity index (χ3v) is 3.68. The van der Waals surface area contributed by atoms with E-state index in [0.717, 1.165) is 12.5 Å². The number of anilines is 1. The molecule has 0 aromatic heterocycles. The van der Waals surface area contributed by atoms with Crippen LogP contribution in [0.1, 0.15) is 19.8 Å². The molecule has 0 aliphatic rings. The number of benzene rings is 1. The molecule has 0 fully saturated rings. The van der Waals surface area contributed by atoms with Crippen molar-refractivity contribution in [2.45, 2.75) is 24.7 Å². The van der Waals surface area contributed by atoms with E-state index in [9.17, 15) is 22.0 Å². The van der Waals surface area contributed by atoms with Crippen molar-refractivity contribution in [2.24, 2.45) is 0 Å². The number of amides is 2. The van der Waals surface area contributed by atoms with E-state index < -0.39 is 32.6 Å². The lowest BCUT2D eigenvalue weighted by atomic mass is 10.3. The minimum atomic E-state index is -4.53. The molecule has 1 rings (SSSR count). The standard InChI is InChI=1S/C11H15F2N3O3S/c1-2-3-4-15-11(17)16-20(18,19)9-6-7(14)5-8(12)10(9)13/h5-6H,2-4,14H2,1H3,(H2,15,16,17). The van der Waals surface area contributed by atoms with Gasteiger partial charge in [0.2, 0.25) is 0 Å². The number of sulfonamides is 1. The molecule has 6 nitrogen and oxygen atoms in total. The van der Waals surface area contributed by atoms with Crippen molar-refractivity contribution >= 4 is 21.7 Å². The number of carbonyl (C=O) groups excluding carboxylic acids is 1. The topological polar surface area (TPSA) is 101 Å². The summed E-state index contributed by atoms with van der Waals surface area (Å²) < 4.78 is 51.7. The average molecular weight is 307 g/mol. The highest BCUT2D eigenvalue weighted by molar-refractivity contribution is 7.90. The lowest BCUT2D eigenvalue weighted by molar-refractivity contribution is 0.245. The van der Waals surface area contributed by atoms with Crippen LogP contribution in [0.3, 0.4) is 0 Å². The third-order valence-electron chi connectivity index (χ3n) is 2.35. The number of hydrogen-bond donors (Lipinski definition) is 3. The van der Waals surface area contributed by atoms with Gasteiger partial charge in [-0.25, -0.2) is 26.7 Å². The van der Waals surface area contributed by atoms with E-state index in [-0.39, 0.29) is 12.2 Å². The summed E-state index contributed by atoms with van der Waals surface area (Å²) in [5.41, 5.74) is 4.99. The Morgan fingerprint density at radius 1 is 1.35 bits per heavy atom. The minimum absolute atomic E-state index is 0.268. The number of unbranched alkanes of at least 4 members (excludes halogenated alkanes) is 1. The highest BCUT2D eigenvalue weighted by atomic mass is 32.2. The Balaban J connectivity index is 2.92. The van der Waals surface area contributed by atoms with Gasteiger partial charge in [0, 0.05) is 12.2 Å². The van der Waals surface area contributed by atoms with Crippen LogP contribution in [0.25, 0.3) is 0 Å². The number of halogens is 2. The molecule has 0 radical (unpaired) electrons. The van der Waals surface area contributed by atoms with Crippen LogP contribution in [-0.4, -0.2) is 21.0 Å². The van der Waals surface area contributed by atoms with Gasteiger partial charge in [-0.3, -0.25) is 0 Å². The van der Waals surface area contributed by atoms with E-state index in [4.69, 9.17) is 5.73 Å². The number of hydrogen-bond acceptors (Lipinski definition) is 4. The van der Waals surface area contributed by atoms with Gasteiger partial charge in [-0.15, -0.1) is 0 Å². The van der Waals surface area contributed by atoms with Crippen molar-refractivity contribution in [3.63, 3.8) is 0 Å². The first-order chi connectivity index (χ1) is 9.27. The largest absolute Gasteiger partial charge is 0.399 e. The second kappa shape index (κ2) is 6.51. The third kappa shape index (κ3) is 4.05. The first kappa shape index (κ1) is 16.2. The van der Waals surface area contributed by atoms with Crippen LogP contribution in [-0.2, 0) is 10.0 Å². The summed E-state index contributed by atoms with van der Waals surface area (Å²) in [5, 5.41) is 2.28. The predicted octanol–water partition coefficient (Wildman–Crippen LogP) is 1.33. The van der Waals surface area contributed by atoms with Crippen molar-refractivity contribution < 1.29 is 22.0 Å². The zero-order valence-corrected chi connectivity index (χ0v) is 11.6. The molecule has 0 aliphatic carbocycles. The van der Waals surface area contributed by atoms with E-state index in [1.165, 1.54) is 0 Å². The van der Waals surface area contributed by atoms with Crippen molar-refractivity contribution in [3.8, 4) is 0 Å². The number of rotatable bonds is 5. The summed E-state index contributed by atoms with van der Waals surface area (Å²) in [6.45, 7) is 2.16. The second-order valence-corrected chi connectivity index (χ2v) is 5.68. The van der Waals surface area contributed by atoms with Gasteiger partial charge in [-0.05, 0) is 18.6 Å². The van der Waals surface area contributed by atoms with Gasteiger partial charge < -0.3 is 11.1 Å². The van der Waals surface area contributed by atoms with Gasteiger partial charge in [-0.1, -0.05) is 13.3 Å². The summed E-state index contributed by atoms with van der Waals surface area (Å²) in [6, 6.07) is 0.371. The molecule has 0 heterocycles. The smallest absolute Gasteiger partial charge is 0.328 e. The maximum Gasteiger partial charge on any atom is 0.328 e. The first-order valence-electron chi connectivity index (χ1n) is 5.83. The molecular weight excluding hydrogens is 292 g/mol. The number of carbonyl (C=O) groups is 1. The number of nitrogens with one attached hydrogen (secondary N) is 2. The highest BCUT2D eigenvalue weighted by Gasteiger charge is 2.24. The molecule has 0 spiro atoms. The zero-order chi connectivity index (χ0) is 15.3. The van der Waals surface area contributed by atoms with E-state index in [1.54, 1.807) is 4.72 Å². The molecule has 0 bridgehead atoms. The average Bonchev–Trinajstić information content (AvgIpc) is 2.33. The molecule has 0 unspecified atom stereocenters. The zero-order valence-electron chi connectivity index (χ0n) is 10.7.